The van der Waals surface area contributed by atoms with E-state index in [2.05, 4.69) is 20.8 Å². The molecule has 0 saturated carbocycles. The number of thiazole rings is 1. The van der Waals surface area contributed by atoms with Crippen molar-refractivity contribution in [1.82, 2.24) is 15.2 Å². The van der Waals surface area contributed by atoms with Crippen LogP contribution >= 0.6 is 58.1 Å². The van der Waals surface area contributed by atoms with E-state index in [9.17, 15) is 24.3 Å². The topological polar surface area (TPSA) is 160 Å². The fourth-order valence-electron chi connectivity index (χ4n) is 5.96. The third kappa shape index (κ3) is 8.65. The molecule has 55 heavy (non-hydrogen) atoms. The number of carboxylic acid groups (broad SMARTS) is 1. The zero-order valence-corrected chi connectivity index (χ0v) is 33.8. The second kappa shape index (κ2) is 16.7. The van der Waals surface area contributed by atoms with Crippen molar-refractivity contribution in [2.75, 3.05) is 11.1 Å². The average molecular weight is 841 g/mol. The van der Waals surface area contributed by atoms with Crippen LogP contribution in [-0.4, -0.2) is 72.1 Å². The number of hydrogen-bond donors (Lipinski definition) is 3. The number of benzene rings is 3. The third-order valence-electron chi connectivity index (χ3n) is 8.18. The number of aliphatic carboxylic acids is 1. The first-order valence-corrected chi connectivity index (χ1v) is 20.4. The summed E-state index contributed by atoms with van der Waals surface area (Å²) < 4.78 is 4.92. The number of carbonyl (C=O) groups is 4. The summed E-state index contributed by atoms with van der Waals surface area (Å²) in [7, 11) is 0. The van der Waals surface area contributed by atoms with Crippen molar-refractivity contribution in [3.63, 3.8) is 0 Å². The molecule has 0 bridgehead atoms. The quantitative estimate of drug-likeness (QED) is 0.0421. The monoisotopic (exact) mass is 839 g/mol. The van der Waals surface area contributed by atoms with Gasteiger partial charge in [-0.05, 0) is 27.7 Å². The second-order valence-corrected chi connectivity index (χ2v) is 18.2. The number of rotatable bonds is 12. The maximum atomic E-state index is 14.4. The molecular formula is C38H35Cl2N5O7S3. The molecule has 6 rings (SSSR count). The van der Waals surface area contributed by atoms with Crippen molar-refractivity contribution in [3.05, 3.63) is 128 Å². The van der Waals surface area contributed by atoms with Gasteiger partial charge in [-0.1, -0.05) is 119 Å². The van der Waals surface area contributed by atoms with Crippen LogP contribution in [0.3, 0.4) is 0 Å². The van der Waals surface area contributed by atoms with Crippen molar-refractivity contribution in [2.24, 2.45) is 5.16 Å². The van der Waals surface area contributed by atoms with Crippen molar-refractivity contribution in [3.8, 4) is 0 Å². The lowest BCUT2D eigenvalue weighted by Gasteiger charge is -2.49. The average Bonchev–Trinajstić information content (AvgIpc) is 3.50. The van der Waals surface area contributed by atoms with E-state index < -0.39 is 56.9 Å². The first kappa shape index (κ1) is 40.1. The van der Waals surface area contributed by atoms with Crippen LogP contribution in [-0.2, 0) is 29.6 Å². The molecule has 1 saturated heterocycles. The molecule has 3 atom stereocenters. The number of anilines is 1. The minimum Gasteiger partial charge on any atom is -0.477 e. The Morgan fingerprint density at radius 2 is 1.53 bits per heavy atom. The number of alkyl halides is 1. The van der Waals surface area contributed by atoms with Crippen LogP contribution in [0.1, 0.15) is 50.1 Å². The van der Waals surface area contributed by atoms with Crippen molar-refractivity contribution < 1.29 is 33.9 Å². The fraction of sp³-hybridized carbons (Fsp3) is 0.263. The number of oxime groups is 1. The summed E-state index contributed by atoms with van der Waals surface area (Å²) in [6.07, 6.45) is -0.794. The molecule has 17 heteroatoms. The number of halogens is 2. The van der Waals surface area contributed by atoms with Gasteiger partial charge in [0.2, 0.25) is 5.60 Å². The SMILES string of the molecule is CC(Cl)SC1=C(C(=O)O)N2C(=O)C(NC(=O)/C(=N\OC(c3ccccc3)(c3ccccc3)c3ccccc3)c3nc(NC(=O)OC(C)(C)C)sc3Cl)C2SC1. The highest BCUT2D eigenvalue weighted by atomic mass is 35.5. The van der Waals surface area contributed by atoms with Gasteiger partial charge in [0.1, 0.15) is 32.7 Å². The highest BCUT2D eigenvalue weighted by Crippen LogP contribution is 2.45. The maximum Gasteiger partial charge on any atom is 0.413 e. The Labute approximate surface area is 339 Å². The Morgan fingerprint density at radius 1 is 0.982 bits per heavy atom. The largest absolute Gasteiger partial charge is 0.477 e. The Kier molecular flexibility index (Phi) is 12.2. The number of carboxylic acids is 1. The van der Waals surface area contributed by atoms with Gasteiger partial charge >= 0.3 is 12.1 Å². The van der Waals surface area contributed by atoms with E-state index in [1.165, 1.54) is 11.8 Å². The highest BCUT2D eigenvalue weighted by molar-refractivity contribution is 8.07. The van der Waals surface area contributed by atoms with Gasteiger partial charge in [0, 0.05) is 27.3 Å². The zero-order valence-electron chi connectivity index (χ0n) is 29.8. The van der Waals surface area contributed by atoms with Crippen molar-refractivity contribution >= 4 is 92.8 Å². The first-order chi connectivity index (χ1) is 26.2. The van der Waals surface area contributed by atoms with Gasteiger partial charge in [-0.2, -0.15) is 0 Å². The second-order valence-electron chi connectivity index (χ2n) is 13.2. The molecule has 1 fully saturated rings. The lowest BCUT2D eigenvalue weighted by Crippen LogP contribution is -2.71. The molecule has 12 nitrogen and oxygen atoms in total. The molecular weight excluding hydrogens is 806 g/mol. The first-order valence-electron chi connectivity index (χ1n) is 16.8. The number of hydrogen-bond acceptors (Lipinski definition) is 11. The number of β-lactam (4-membered cyclic amide) rings is 1. The number of nitrogens with one attached hydrogen (secondary N) is 2. The van der Waals surface area contributed by atoms with Crippen LogP contribution in [0, 0.1) is 0 Å². The molecule has 3 N–H and O–H groups in total. The lowest BCUT2D eigenvalue weighted by molar-refractivity contribution is -0.150. The van der Waals surface area contributed by atoms with Gasteiger partial charge in [0.05, 0.1) is 4.71 Å². The summed E-state index contributed by atoms with van der Waals surface area (Å²) in [5, 5.41) is 19.1. The van der Waals surface area contributed by atoms with Gasteiger partial charge in [0.25, 0.3) is 11.8 Å². The van der Waals surface area contributed by atoms with Crippen LogP contribution in [0.2, 0.25) is 4.34 Å². The van der Waals surface area contributed by atoms with Gasteiger partial charge < -0.3 is 20.0 Å². The molecule has 2 aliphatic rings. The molecule has 3 aromatic carbocycles. The standard InChI is InChI=1S/C38H35Cl2N5O7S3/c1-21(39)54-25-20-53-33-28(32(47)45(33)29(25)34(48)49)41-31(46)27(26-30(40)55-35(42-26)43-36(50)51-37(2,3)4)44-52-38(22-14-8-5-9-15-22,23-16-10-6-11-17-23)24-18-12-7-13-19-24/h5-19,21,28,33H,20H2,1-4H3,(H,41,46)(H,48,49)(H,42,43,50)/b44-27-. The Balaban J connectivity index is 1.43. The number of aromatic nitrogens is 1. The van der Waals surface area contributed by atoms with E-state index in [1.54, 1.807) is 27.7 Å². The number of nitrogens with zero attached hydrogens (tertiary/aromatic N) is 3. The Hall–Kier alpha value is -4.54. The van der Waals surface area contributed by atoms with Gasteiger partial charge in [-0.25, -0.2) is 14.6 Å². The van der Waals surface area contributed by atoms with Crippen LogP contribution in [0.5, 0.6) is 0 Å². The minimum atomic E-state index is -1.41. The van der Waals surface area contributed by atoms with Crippen LogP contribution in [0.4, 0.5) is 9.93 Å². The van der Waals surface area contributed by atoms with Crippen molar-refractivity contribution in [1.29, 1.82) is 0 Å². The molecule has 1 aromatic heterocycles. The summed E-state index contributed by atoms with van der Waals surface area (Å²) in [5.74, 6) is -2.53. The molecule has 3 unspecified atom stereocenters. The summed E-state index contributed by atoms with van der Waals surface area (Å²) in [4.78, 5) is 65.7. The zero-order chi connectivity index (χ0) is 39.5. The lowest BCUT2D eigenvalue weighted by atomic mass is 9.80. The number of fused-ring (bicyclic) bond motifs is 1. The number of carbonyl (C=O) groups excluding carboxylic acids is 3. The molecule has 286 valence electrons. The van der Waals surface area contributed by atoms with E-state index in [0.29, 0.717) is 21.6 Å². The molecule has 2 aliphatic heterocycles. The normalized spacial score (nSPS) is 17.8. The third-order valence-corrected chi connectivity index (χ3v) is 12.0. The molecule has 4 aromatic rings. The van der Waals surface area contributed by atoms with Crippen molar-refractivity contribution in [2.45, 2.75) is 55.0 Å². The predicted molar refractivity (Wildman–Crippen MR) is 216 cm³/mol. The summed E-state index contributed by atoms with van der Waals surface area (Å²) in [6.45, 7) is 6.83. The smallest absolute Gasteiger partial charge is 0.413 e. The van der Waals surface area contributed by atoms with Gasteiger partial charge in [-0.3, -0.25) is 19.8 Å². The summed E-state index contributed by atoms with van der Waals surface area (Å²) >= 11 is 16.2. The minimum absolute atomic E-state index is 0.0127. The van der Waals surface area contributed by atoms with E-state index in [-0.39, 0.29) is 26.6 Å². The number of ether oxygens (including phenoxy) is 1. The van der Waals surface area contributed by atoms with Gasteiger partial charge in [0.15, 0.2) is 10.8 Å². The maximum absolute atomic E-state index is 14.4. The number of amides is 3. The summed E-state index contributed by atoms with van der Waals surface area (Å²) in [5.41, 5.74) is -0.878. The summed E-state index contributed by atoms with van der Waals surface area (Å²) in [6, 6.07) is 26.9. The fourth-order valence-corrected chi connectivity index (χ4v) is 9.68. The Bertz CT molecular complexity index is 2050. The number of thioether (sulfide) groups is 2. The molecule has 0 radical (unpaired) electrons. The van der Waals surface area contributed by atoms with Crippen LogP contribution < -0.4 is 10.6 Å². The van der Waals surface area contributed by atoms with E-state index >= 15 is 0 Å². The van der Waals surface area contributed by atoms with Crippen LogP contribution in [0.15, 0.2) is 107 Å². The predicted octanol–water partition coefficient (Wildman–Crippen LogP) is 7.87. The molecule has 0 aliphatic carbocycles. The van der Waals surface area contributed by atoms with E-state index in [4.69, 9.17) is 32.8 Å². The van der Waals surface area contributed by atoms with E-state index in [0.717, 1.165) is 28.0 Å². The van der Waals surface area contributed by atoms with Gasteiger partial charge in [-0.15, -0.1) is 35.1 Å². The van der Waals surface area contributed by atoms with E-state index in [1.807, 2.05) is 91.0 Å². The molecule has 0 spiro atoms. The highest BCUT2D eigenvalue weighted by Gasteiger charge is 2.55. The Morgan fingerprint density at radius 3 is 2.02 bits per heavy atom. The molecule has 3 amide bonds. The molecule has 3 heterocycles. The van der Waals surface area contributed by atoms with Crippen LogP contribution in [0.25, 0.3) is 0 Å².